The Morgan fingerprint density at radius 3 is 2.10 bits per heavy atom. The summed E-state index contributed by atoms with van der Waals surface area (Å²) in [5.74, 6) is -0.714. The van der Waals surface area contributed by atoms with Crippen LogP contribution in [0.5, 0.6) is 0 Å². The Labute approximate surface area is 120 Å². The van der Waals surface area contributed by atoms with Gasteiger partial charge in [-0.15, -0.1) is 13.2 Å². The molecule has 1 aliphatic rings. The van der Waals surface area contributed by atoms with Crippen molar-refractivity contribution in [2.75, 3.05) is 19.8 Å². The number of hydrogen-bond acceptors (Lipinski definition) is 5. The molecule has 0 saturated carbocycles. The molecule has 5 nitrogen and oxygen atoms in total. The zero-order valence-electron chi connectivity index (χ0n) is 12.1. The molecule has 20 heavy (non-hydrogen) atoms. The summed E-state index contributed by atoms with van der Waals surface area (Å²) >= 11 is 0. The van der Waals surface area contributed by atoms with Gasteiger partial charge in [-0.2, -0.15) is 0 Å². The molecule has 0 aromatic rings. The van der Waals surface area contributed by atoms with E-state index in [0.717, 1.165) is 18.9 Å². The molecule has 0 bridgehead atoms. The number of hydrogen-bond donors (Lipinski definition) is 0. The van der Waals surface area contributed by atoms with Gasteiger partial charge >= 0.3 is 11.9 Å². The molecule has 1 aliphatic heterocycles. The summed E-state index contributed by atoms with van der Waals surface area (Å²) in [6, 6.07) is 0. The third-order valence-corrected chi connectivity index (χ3v) is 1.89. The monoisotopic (exact) mass is 284 g/mol. The maximum atomic E-state index is 10.3. The minimum absolute atomic E-state index is 0.147. The van der Waals surface area contributed by atoms with Crippen LogP contribution in [0, 0.1) is 0 Å². The Bertz CT molecular complexity index is 295. The van der Waals surface area contributed by atoms with Crippen LogP contribution in [0.15, 0.2) is 38.5 Å². The lowest BCUT2D eigenvalue weighted by Gasteiger charge is -1.97. The Kier molecular flexibility index (Phi) is 15.5. The summed E-state index contributed by atoms with van der Waals surface area (Å²) in [6.07, 6.45) is 4.44. The number of carbonyl (C=O) groups is 2. The topological polar surface area (TPSA) is 65.1 Å². The van der Waals surface area contributed by atoms with Gasteiger partial charge in [0.1, 0.15) is 12.7 Å². The predicted molar refractivity (Wildman–Crippen MR) is 78.2 cm³/mol. The summed E-state index contributed by atoms with van der Waals surface area (Å²) in [4.78, 5) is 20.7. The summed E-state index contributed by atoms with van der Waals surface area (Å²) in [6.45, 7) is 16.1. The molecule has 114 valence electrons. The second-order valence-electron chi connectivity index (χ2n) is 3.51. The highest BCUT2D eigenvalue weighted by Crippen LogP contribution is 2.08. The lowest BCUT2D eigenvalue weighted by Crippen LogP contribution is -2.06. The van der Waals surface area contributed by atoms with Gasteiger partial charge < -0.3 is 14.2 Å². The maximum absolute atomic E-state index is 10.3. The lowest BCUT2D eigenvalue weighted by atomic mass is 10.4. The molecular formula is C15H24O5. The number of ether oxygens (including phenoxy) is 3. The summed E-state index contributed by atoms with van der Waals surface area (Å²) in [5.41, 5.74) is 0. The van der Waals surface area contributed by atoms with Gasteiger partial charge in [0.2, 0.25) is 0 Å². The van der Waals surface area contributed by atoms with Gasteiger partial charge in [-0.05, 0) is 6.42 Å². The zero-order valence-corrected chi connectivity index (χ0v) is 12.1. The lowest BCUT2D eigenvalue weighted by molar-refractivity contribution is -0.138. The fourth-order valence-electron chi connectivity index (χ4n) is 0.774. The van der Waals surface area contributed by atoms with Crippen LogP contribution in [0.25, 0.3) is 0 Å². The van der Waals surface area contributed by atoms with Gasteiger partial charge in [-0.1, -0.05) is 26.5 Å². The highest BCUT2D eigenvalue weighted by Gasteiger charge is 2.23. The average molecular weight is 284 g/mol. The van der Waals surface area contributed by atoms with Gasteiger partial charge in [-0.3, -0.25) is 0 Å². The Hall–Kier alpha value is -1.88. The molecule has 1 atom stereocenters. The highest BCUT2D eigenvalue weighted by atomic mass is 16.6. The SMILES string of the molecule is C=C.C=CC(=O)OCC1CO1.C=CC(=O)OCCCC. The third-order valence-electron chi connectivity index (χ3n) is 1.89. The minimum Gasteiger partial charge on any atom is -0.463 e. The van der Waals surface area contributed by atoms with Gasteiger partial charge in [0.25, 0.3) is 0 Å². The van der Waals surface area contributed by atoms with Crippen LogP contribution in [0.4, 0.5) is 0 Å². The van der Waals surface area contributed by atoms with Crippen LogP contribution >= 0.6 is 0 Å². The first-order valence-electron chi connectivity index (χ1n) is 6.34. The molecule has 1 rings (SSSR count). The van der Waals surface area contributed by atoms with Crippen molar-refractivity contribution in [3.8, 4) is 0 Å². The van der Waals surface area contributed by atoms with Crippen molar-refractivity contribution in [3.05, 3.63) is 38.5 Å². The maximum Gasteiger partial charge on any atom is 0.330 e. The van der Waals surface area contributed by atoms with E-state index in [1.807, 2.05) is 6.92 Å². The molecule has 0 aromatic carbocycles. The summed E-state index contributed by atoms with van der Waals surface area (Å²) < 4.78 is 14.1. The van der Waals surface area contributed by atoms with Crippen LogP contribution in [-0.2, 0) is 23.8 Å². The molecule has 1 heterocycles. The van der Waals surface area contributed by atoms with Gasteiger partial charge in [0, 0.05) is 12.2 Å². The van der Waals surface area contributed by atoms with Crippen LogP contribution in [0.2, 0.25) is 0 Å². The van der Waals surface area contributed by atoms with Crippen molar-refractivity contribution >= 4 is 11.9 Å². The Balaban J connectivity index is 0. The van der Waals surface area contributed by atoms with Crippen molar-refractivity contribution < 1.29 is 23.8 Å². The van der Waals surface area contributed by atoms with Crippen molar-refractivity contribution in [3.63, 3.8) is 0 Å². The van der Waals surface area contributed by atoms with Gasteiger partial charge in [0.15, 0.2) is 0 Å². The third kappa shape index (κ3) is 16.1. The highest BCUT2D eigenvalue weighted by molar-refractivity contribution is 5.81. The van der Waals surface area contributed by atoms with Gasteiger partial charge in [-0.25, -0.2) is 9.59 Å². The molecular weight excluding hydrogens is 260 g/mol. The molecule has 0 radical (unpaired) electrons. The number of esters is 2. The van der Waals surface area contributed by atoms with E-state index >= 15 is 0 Å². The number of rotatable bonds is 7. The number of epoxide rings is 1. The average Bonchev–Trinajstić information content (AvgIpc) is 3.31. The largest absolute Gasteiger partial charge is 0.463 e. The van der Waals surface area contributed by atoms with E-state index in [1.165, 1.54) is 6.08 Å². The van der Waals surface area contributed by atoms with Crippen molar-refractivity contribution in [2.24, 2.45) is 0 Å². The molecule has 0 spiro atoms. The van der Waals surface area contributed by atoms with Crippen molar-refractivity contribution in [1.82, 2.24) is 0 Å². The van der Waals surface area contributed by atoms with Crippen molar-refractivity contribution in [2.45, 2.75) is 25.9 Å². The minimum atomic E-state index is -0.384. The van der Waals surface area contributed by atoms with E-state index in [0.29, 0.717) is 19.8 Å². The van der Waals surface area contributed by atoms with Crippen LogP contribution in [0.1, 0.15) is 19.8 Å². The second-order valence-corrected chi connectivity index (χ2v) is 3.51. The summed E-state index contributed by atoms with van der Waals surface area (Å²) in [7, 11) is 0. The smallest absolute Gasteiger partial charge is 0.330 e. The molecule has 1 fully saturated rings. The number of unbranched alkanes of at least 4 members (excludes halogenated alkanes) is 1. The quantitative estimate of drug-likeness (QED) is 0.236. The van der Waals surface area contributed by atoms with Crippen molar-refractivity contribution in [1.29, 1.82) is 0 Å². The van der Waals surface area contributed by atoms with E-state index in [2.05, 4.69) is 35.8 Å². The van der Waals surface area contributed by atoms with E-state index in [9.17, 15) is 9.59 Å². The Morgan fingerprint density at radius 2 is 1.70 bits per heavy atom. The normalized spacial score (nSPS) is 14.3. The van der Waals surface area contributed by atoms with E-state index in [4.69, 9.17) is 4.74 Å². The summed E-state index contributed by atoms with van der Waals surface area (Å²) in [5, 5.41) is 0. The molecule has 1 saturated heterocycles. The molecule has 0 aliphatic carbocycles. The number of carbonyl (C=O) groups excluding carboxylic acids is 2. The van der Waals surface area contributed by atoms with Gasteiger partial charge in [0.05, 0.1) is 13.2 Å². The first-order chi connectivity index (χ1) is 9.63. The van der Waals surface area contributed by atoms with E-state index in [1.54, 1.807) is 0 Å². The fraction of sp³-hybridized carbons (Fsp3) is 0.467. The van der Waals surface area contributed by atoms with Crippen LogP contribution in [0.3, 0.4) is 0 Å². The Morgan fingerprint density at radius 1 is 1.20 bits per heavy atom. The molecule has 0 N–H and O–H groups in total. The first-order valence-corrected chi connectivity index (χ1v) is 6.34. The predicted octanol–water partition coefficient (Wildman–Crippen LogP) is 2.43. The molecule has 0 aromatic heterocycles. The first kappa shape index (κ1) is 20.4. The van der Waals surface area contributed by atoms with E-state index < -0.39 is 0 Å². The standard InChI is InChI=1S/C7H12O2.C6H8O3.C2H4/c1-3-5-6-9-7(8)4-2;1-2-6(7)9-4-5-3-8-5;1-2/h4H,2-3,5-6H2,1H3;2,5H,1,3-4H2;1-2H2. The molecule has 0 amide bonds. The molecule has 5 heteroatoms. The van der Waals surface area contributed by atoms with Crippen LogP contribution in [-0.4, -0.2) is 37.9 Å². The van der Waals surface area contributed by atoms with E-state index in [-0.39, 0.29) is 18.0 Å². The second kappa shape index (κ2) is 15.2. The zero-order chi connectivity index (χ0) is 15.8. The fourth-order valence-corrected chi connectivity index (χ4v) is 0.774. The molecule has 1 unspecified atom stereocenters. The van der Waals surface area contributed by atoms with Crippen LogP contribution < -0.4 is 0 Å².